The molecule has 0 N–H and O–H groups in total. The normalized spacial score (nSPS) is 11.6. The van der Waals surface area contributed by atoms with Crippen LogP contribution in [0.1, 0.15) is 0 Å². The molecular weight excluding hydrogens is 623 g/mol. The number of fused-ring (bicyclic) bond motifs is 6. The third-order valence-corrected chi connectivity index (χ3v) is 11.1. The molecule has 1 nitrogen and oxygen atoms in total. The van der Waals surface area contributed by atoms with Gasteiger partial charge in [-0.15, -0.1) is 11.3 Å². The molecule has 0 radical (unpaired) electrons. The van der Waals surface area contributed by atoms with Crippen molar-refractivity contribution in [1.82, 2.24) is 0 Å². The molecule has 0 saturated carbocycles. The number of anilines is 3. The number of nitrogens with zero attached hydrogens (tertiary/aromatic N) is 1. The Hall–Kier alpha value is -6.22. The van der Waals surface area contributed by atoms with Gasteiger partial charge in [-0.2, -0.15) is 0 Å². The fourth-order valence-electron chi connectivity index (χ4n) is 7.48. The lowest BCUT2D eigenvalue weighted by molar-refractivity contribution is 1.30. The minimum absolute atomic E-state index is 1.13. The van der Waals surface area contributed by atoms with Crippen molar-refractivity contribution in [1.29, 1.82) is 0 Å². The van der Waals surface area contributed by atoms with E-state index in [9.17, 15) is 0 Å². The van der Waals surface area contributed by atoms with Crippen molar-refractivity contribution in [2.24, 2.45) is 0 Å². The summed E-state index contributed by atoms with van der Waals surface area (Å²) in [5, 5.41) is 10.1. The minimum atomic E-state index is 1.13. The predicted molar refractivity (Wildman–Crippen MR) is 217 cm³/mol. The van der Waals surface area contributed by atoms with Crippen molar-refractivity contribution in [3.05, 3.63) is 188 Å². The van der Waals surface area contributed by atoms with Crippen LogP contribution in [0.2, 0.25) is 0 Å². The van der Waals surface area contributed by atoms with E-state index in [1.54, 1.807) is 0 Å². The van der Waals surface area contributed by atoms with Crippen LogP contribution < -0.4 is 4.90 Å². The summed E-state index contributed by atoms with van der Waals surface area (Å²) in [7, 11) is 0. The summed E-state index contributed by atoms with van der Waals surface area (Å²) in [6.07, 6.45) is 0. The lowest BCUT2D eigenvalue weighted by Crippen LogP contribution is -2.10. The molecule has 1 aromatic heterocycles. The second-order valence-electron chi connectivity index (χ2n) is 13.0. The first-order valence-electron chi connectivity index (χ1n) is 17.1. The highest BCUT2D eigenvalue weighted by Gasteiger charge is 2.18. The number of benzene rings is 9. The SMILES string of the molecule is c1cc(-c2ccc3ccc(-c4ccc5ccccc5c4)cc3c2)cc(N(c2ccc3c(c2)sc2ccccc23)c2cccc3ccccc23)c1. The highest BCUT2D eigenvalue weighted by Crippen LogP contribution is 2.43. The molecule has 0 unspecified atom stereocenters. The van der Waals surface area contributed by atoms with Gasteiger partial charge in [0.1, 0.15) is 0 Å². The topological polar surface area (TPSA) is 3.24 Å². The monoisotopic (exact) mass is 653 g/mol. The number of thiophene rings is 1. The fraction of sp³-hybridized carbons (Fsp3) is 0. The molecule has 50 heavy (non-hydrogen) atoms. The van der Waals surface area contributed by atoms with Gasteiger partial charge in [0.15, 0.2) is 0 Å². The third kappa shape index (κ3) is 4.92. The van der Waals surface area contributed by atoms with Crippen LogP contribution in [-0.2, 0) is 0 Å². The van der Waals surface area contributed by atoms with Crippen LogP contribution in [-0.4, -0.2) is 0 Å². The van der Waals surface area contributed by atoms with E-state index >= 15 is 0 Å². The lowest BCUT2D eigenvalue weighted by Gasteiger charge is -2.27. The molecule has 0 fully saturated rings. The first-order chi connectivity index (χ1) is 24.7. The molecule has 234 valence electrons. The molecule has 2 heteroatoms. The van der Waals surface area contributed by atoms with Crippen LogP contribution in [0.4, 0.5) is 17.1 Å². The molecular formula is C48H31NS. The predicted octanol–water partition coefficient (Wildman–Crippen LogP) is 14.3. The van der Waals surface area contributed by atoms with E-state index in [0.717, 1.165) is 11.4 Å². The van der Waals surface area contributed by atoms with Gasteiger partial charge in [0.2, 0.25) is 0 Å². The Kier molecular flexibility index (Phi) is 6.75. The smallest absolute Gasteiger partial charge is 0.0540 e. The number of hydrogen-bond acceptors (Lipinski definition) is 2. The Morgan fingerprint density at radius 2 is 0.860 bits per heavy atom. The van der Waals surface area contributed by atoms with E-state index in [4.69, 9.17) is 0 Å². The van der Waals surface area contributed by atoms with Crippen molar-refractivity contribution >= 4 is 80.9 Å². The van der Waals surface area contributed by atoms with Gasteiger partial charge in [-0.25, -0.2) is 0 Å². The Morgan fingerprint density at radius 1 is 0.300 bits per heavy atom. The second-order valence-corrected chi connectivity index (χ2v) is 14.1. The number of rotatable bonds is 5. The maximum Gasteiger partial charge on any atom is 0.0540 e. The zero-order valence-corrected chi connectivity index (χ0v) is 28.1. The molecule has 0 bridgehead atoms. The quantitative estimate of drug-likeness (QED) is 0.179. The van der Waals surface area contributed by atoms with Crippen molar-refractivity contribution in [2.75, 3.05) is 4.90 Å². The van der Waals surface area contributed by atoms with E-state index in [0.29, 0.717) is 0 Å². The summed E-state index contributed by atoms with van der Waals surface area (Å²) in [5.41, 5.74) is 8.30. The lowest BCUT2D eigenvalue weighted by atomic mass is 9.96. The van der Waals surface area contributed by atoms with Crippen molar-refractivity contribution in [3.63, 3.8) is 0 Å². The van der Waals surface area contributed by atoms with E-state index in [1.807, 2.05) is 11.3 Å². The van der Waals surface area contributed by atoms with Crippen LogP contribution in [0.25, 0.3) is 74.7 Å². The summed E-state index contributed by atoms with van der Waals surface area (Å²) in [6, 6.07) is 68.9. The average Bonchev–Trinajstić information content (AvgIpc) is 3.56. The highest BCUT2D eigenvalue weighted by atomic mass is 32.1. The molecule has 0 spiro atoms. The molecule has 9 aromatic carbocycles. The molecule has 10 aromatic rings. The van der Waals surface area contributed by atoms with Crippen LogP contribution in [0.3, 0.4) is 0 Å². The van der Waals surface area contributed by atoms with E-state index in [2.05, 4.69) is 193 Å². The van der Waals surface area contributed by atoms with Crippen LogP contribution in [0.15, 0.2) is 188 Å². The summed E-state index contributed by atoms with van der Waals surface area (Å²) in [6.45, 7) is 0. The Morgan fingerprint density at radius 3 is 1.66 bits per heavy atom. The zero-order valence-electron chi connectivity index (χ0n) is 27.3. The average molecular weight is 654 g/mol. The van der Waals surface area contributed by atoms with Gasteiger partial charge < -0.3 is 4.90 Å². The molecule has 0 aliphatic carbocycles. The highest BCUT2D eigenvalue weighted by molar-refractivity contribution is 7.25. The maximum atomic E-state index is 2.43. The van der Waals surface area contributed by atoms with Gasteiger partial charge in [-0.3, -0.25) is 0 Å². The second kappa shape index (κ2) is 11.7. The fourth-order valence-corrected chi connectivity index (χ4v) is 8.62. The third-order valence-electron chi connectivity index (χ3n) is 9.99. The molecule has 0 aliphatic heterocycles. The van der Waals surface area contributed by atoms with Crippen molar-refractivity contribution in [2.45, 2.75) is 0 Å². The van der Waals surface area contributed by atoms with E-state index in [1.165, 1.54) is 80.4 Å². The van der Waals surface area contributed by atoms with Crippen molar-refractivity contribution < 1.29 is 0 Å². The van der Waals surface area contributed by atoms with Gasteiger partial charge in [0.05, 0.1) is 5.69 Å². The summed E-state index contributed by atoms with van der Waals surface area (Å²) in [5.74, 6) is 0. The largest absolute Gasteiger partial charge is 0.310 e. The van der Waals surface area contributed by atoms with Gasteiger partial charge in [-0.1, -0.05) is 133 Å². The Bertz CT molecular complexity index is 2890. The molecule has 0 amide bonds. The molecule has 1 heterocycles. The van der Waals surface area contributed by atoms with Crippen LogP contribution in [0.5, 0.6) is 0 Å². The Balaban J connectivity index is 1.10. The van der Waals surface area contributed by atoms with Gasteiger partial charge in [-0.05, 0) is 104 Å². The van der Waals surface area contributed by atoms with Gasteiger partial charge >= 0.3 is 0 Å². The molecule has 0 aliphatic rings. The van der Waals surface area contributed by atoms with Gasteiger partial charge in [0.25, 0.3) is 0 Å². The molecule has 0 atom stereocenters. The maximum absolute atomic E-state index is 2.43. The molecule has 0 saturated heterocycles. The summed E-state index contributed by atoms with van der Waals surface area (Å²) in [4.78, 5) is 2.43. The van der Waals surface area contributed by atoms with E-state index < -0.39 is 0 Å². The minimum Gasteiger partial charge on any atom is -0.310 e. The van der Waals surface area contributed by atoms with Crippen molar-refractivity contribution in [3.8, 4) is 22.3 Å². The summed E-state index contributed by atoms with van der Waals surface area (Å²) >= 11 is 1.86. The van der Waals surface area contributed by atoms with Crippen LogP contribution >= 0.6 is 11.3 Å². The van der Waals surface area contributed by atoms with Crippen LogP contribution in [0, 0.1) is 0 Å². The Labute approximate surface area is 294 Å². The van der Waals surface area contributed by atoms with Gasteiger partial charge in [0, 0.05) is 36.9 Å². The summed E-state index contributed by atoms with van der Waals surface area (Å²) < 4.78 is 2.61. The first kappa shape index (κ1) is 28.8. The molecule has 10 rings (SSSR count). The number of hydrogen-bond donors (Lipinski definition) is 0. The van der Waals surface area contributed by atoms with E-state index in [-0.39, 0.29) is 0 Å². The first-order valence-corrected chi connectivity index (χ1v) is 17.9. The zero-order chi connectivity index (χ0) is 33.0. The standard InChI is InChI=1S/C48H31NS/c1-2-11-35-27-37(22-19-32(35)9-1)39-24-21-33-20-23-38(28-40(33)29-39)36-13-7-14-41(30-36)49(46-17-8-12-34-10-3-4-15-43(34)46)42-25-26-45-44-16-5-6-18-47(44)50-48(45)31-42/h1-31H.